The van der Waals surface area contributed by atoms with Gasteiger partial charge in [-0.3, -0.25) is 9.59 Å². The zero-order valence-electron chi connectivity index (χ0n) is 12.6. The molecule has 0 aromatic carbocycles. The molecule has 0 heterocycles. The van der Waals surface area contributed by atoms with Gasteiger partial charge in [0.25, 0.3) is 0 Å². The summed E-state index contributed by atoms with van der Waals surface area (Å²) in [6, 6.07) is 0.321. The fourth-order valence-corrected chi connectivity index (χ4v) is 3.06. The molecule has 0 aliphatic heterocycles. The van der Waals surface area contributed by atoms with Crippen LogP contribution in [0.5, 0.6) is 0 Å². The normalized spacial score (nSPS) is 24.0. The molecule has 19 heavy (non-hydrogen) atoms. The summed E-state index contributed by atoms with van der Waals surface area (Å²) in [6.07, 6.45) is 5.03. The predicted molar refractivity (Wildman–Crippen MR) is 74.8 cm³/mol. The van der Waals surface area contributed by atoms with Gasteiger partial charge < -0.3 is 10.0 Å². The van der Waals surface area contributed by atoms with Crippen molar-refractivity contribution in [2.24, 2.45) is 11.3 Å². The van der Waals surface area contributed by atoms with Gasteiger partial charge in [-0.15, -0.1) is 0 Å². The third-order valence-corrected chi connectivity index (χ3v) is 4.22. The first kappa shape index (κ1) is 16.0. The van der Waals surface area contributed by atoms with Crippen LogP contribution in [0.1, 0.15) is 59.3 Å². The monoisotopic (exact) mass is 269 g/mol. The second-order valence-corrected chi connectivity index (χ2v) is 6.75. The first-order valence-electron chi connectivity index (χ1n) is 7.20. The fraction of sp³-hybridized carbons (Fsp3) is 0.867. The summed E-state index contributed by atoms with van der Waals surface area (Å²) < 4.78 is 0. The van der Waals surface area contributed by atoms with Crippen molar-refractivity contribution in [3.8, 4) is 0 Å². The van der Waals surface area contributed by atoms with Crippen LogP contribution in [0.3, 0.4) is 0 Å². The van der Waals surface area contributed by atoms with Crippen molar-refractivity contribution in [3.05, 3.63) is 0 Å². The molecular weight excluding hydrogens is 242 g/mol. The largest absolute Gasteiger partial charge is 0.481 e. The van der Waals surface area contributed by atoms with Gasteiger partial charge in [-0.05, 0) is 24.2 Å². The van der Waals surface area contributed by atoms with Crippen molar-refractivity contribution in [1.82, 2.24) is 4.90 Å². The zero-order valence-corrected chi connectivity index (χ0v) is 12.6. The van der Waals surface area contributed by atoms with Crippen LogP contribution < -0.4 is 0 Å². The molecule has 2 atom stereocenters. The molecule has 1 amide bonds. The van der Waals surface area contributed by atoms with E-state index in [4.69, 9.17) is 5.11 Å². The van der Waals surface area contributed by atoms with E-state index >= 15 is 0 Å². The number of carboxylic acid groups (broad SMARTS) is 1. The minimum absolute atomic E-state index is 0.0345. The number of carbonyl (C=O) groups is 2. The van der Waals surface area contributed by atoms with Crippen molar-refractivity contribution in [2.45, 2.75) is 65.3 Å². The highest BCUT2D eigenvalue weighted by atomic mass is 16.4. The second kappa shape index (κ2) is 6.40. The molecular formula is C15H27NO3. The van der Waals surface area contributed by atoms with Crippen LogP contribution in [0.4, 0.5) is 0 Å². The Morgan fingerprint density at radius 1 is 1.21 bits per heavy atom. The lowest BCUT2D eigenvalue weighted by molar-refractivity contribution is -0.141. The summed E-state index contributed by atoms with van der Waals surface area (Å²) in [5.74, 6) is -0.221. The van der Waals surface area contributed by atoms with Gasteiger partial charge in [0.2, 0.25) is 5.91 Å². The Morgan fingerprint density at radius 2 is 1.79 bits per heavy atom. The molecule has 0 saturated heterocycles. The van der Waals surface area contributed by atoms with Crippen molar-refractivity contribution >= 4 is 11.9 Å². The summed E-state index contributed by atoms with van der Waals surface area (Å²) in [5, 5.41) is 8.87. The van der Waals surface area contributed by atoms with E-state index in [2.05, 4.69) is 6.92 Å². The SMILES string of the molecule is CC1CCCCC1N(C)C(=O)CC(C)(C)CC(=O)O. The minimum atomic E-state index is -0.841. The van der Waals surface area contributed by atoms with Crippen LogP contribution in [-0.2, 0) is 9.59 Å². The molecule has 1 saturated carbocycles. The van der Waals surface area contributed by atoms with Crippen molar-refractivity contribution in [2.75, 3.05) is 7.05 Å². The van der Waals surface area contributed by atoms with Crippen LogP contribution >= 0.6 is 0 Å². The van der Waals surface area contributed by atoms with Crippen molar-refractivity contribution in [1.29, 1.82) is 0 Å². The molecule has 0 radical (unpaired) electrons. The molecule has 0 bridgehead atoms. The average molecular weight is 269 g/mol. The molecule has 4 nitrogen and oxygen atoms in total. The molecule has 1 aliphatic rings. The van der Waals surface area contributed by atoms with E-state index in [1.54, 1.807) is 0 Å². The molecule has 110 valence electrons. The van der Waals surface area contributed by atoms with E-state index in [0.29, 0.717) is 18.4 Å². The summed E-state index contributed by atoms with van der Waals surface area (Å²) in [5.41, 5.74) is -0.477. The first-order chi connectivity index (χ1) is 8.73. The Morgan fingerprint density at radius 3 is 2.32 bits per heavy atom. The van der Waals surface area contributed by atoms with Crippen LogP contribution in [0.25, 0.3) is 0 Å². The van der Waals surface area contributed by atoms with Crippen LogP contribution in [0, 0.1) is 11.3 Å². The maximum absolute atomic E-state index is 12.3. The number of hydrogen-bond acceptors (Lipinski definition) is 2. The summed E-state index contributed by atoms with van der Waals surface area (Å²) >= 11 is 0. The van der Waals surface area contributed by atoms with Crippen LogP contribution in [0.15, 0.2) is 0 Å². The van der Waals surface area contributed by atoms with E-state index in [1.807, 2.05) is 25.8 Å². The molecule has 1 aliphatic carbocycles. The zero-order chi connectivity index (χ0) is 14.6. The number of amides is 1. The Balaban J connectivity index is 2.59. The molecule has 0 spiro atoms. The van der Waals surface area contributed by atoms with Gasteiger partial charge in [0.05, 0.1) is 6.42 Å². The van der Waals surface area contributed by atoms with Gasteiger partial charge in [0.15, 0.2) is 0 Å². The Labute approximate surface area is 116 Å². The number of aliphatic carboxylic acids is 1. The topological polar surface area (TPSA) is 57.6 Å². The first-order valence-corrected chi connectivity index (χ1v) is 7.20. The number of hydrogen-bond donors (Lipinski definition) is 1. The fourth-order valence-electron chi connectivity index (χ4n) is 3.06. The van der Waals surface area contributed by atoms with E-state index in [9.17, 15) is 9.59 Å². The molecule has 4 heteroatoms. The highest BCUT2D eigenvalue weighted by Crippen LogP contribution is 2.30. The Hall–Kier alpha value is -1.06. The van der Waals surface area contributed by atoms with Crippen LogP contribution in [-0.4, -0.2) is 35.0 Å². The molecule has 2 unspecified atom stereocenters. The molecule has 1 fully saturated rings. The van der Waals surface area contributed by atoms with Gasteiger partial charge in [0, 0.05) is 19.5 Å². The lowest BCUT2D eigenvalue weighted by Gasteiger charge is -2.37. The van der Waals surface area contributed by atoms with E-state index in [1.165, 1.54) is 19.3 Å². The van der Waals surface area contributed by atoms with Gasteiger partial charge in [-0.1, -0.05) is 33.6 Å². The molecule has 0 aromatic heterocycles. The summed E-state index contributed by atoms with van der Waals surface area (Å²) in [4.78, 5) is 25.0. The van der Waals surface area contributed by atoms with Gasteiger partial charge >= 0.3 is 5.97 Å². The maximum atomic E-state index is 12.3. The van der Waals surface area contributed by atoms with E-state index in [-0.39, 0.29) is 12.3 Å². The number of carbonyl (C=O) groups excluding carboxylic acids is 1. The van der Waals surface area contributed by atoms with Crippen molar-refractivity contribution < 1.29 is 14.7 Å². The molecule has 1 N–H and O–H groups in total. The highest BCUT2D eigenvalue weighted by Gasteiger charge is 2.31. The highest BCUT2D eigenvalue weighted by molar-refractivity contribution is 5.78. The predicted octanol–water partition coefficient (Wildman–Crippen LogP) is 2.91. The Bertz CT molecular complexity index is 338. The lowest BCUT2D eigenvalue weighted by Crippen LogP contribution is -2.44. The minimum Gasteiger partial charge on any atom is -0.481 e. The van der Waals surface area contributed by atoms with Gasteiger partial charge in [-0.2, -0.15) is 0 Å². The number of rotatable bonds is 5. The number of carboxylic acids is 1. The van der Waals surface area contributed by atoms with Gasteiger partial charge in [-0.25, -0.2) is 0 Å². The van der Waals surface area contributed by atoms with Crippen molar-refractivity contribution in [3.63, 3.8) is 0 Å². The van der Waals surface area contributed by atoms with E-state index < -0.39 is 11.4 Å². The van der Waals surface area contributed by atoms with Gasteiger partial charge in [0.1, 0.15) is 0 Å². The van der Waals surface area contributed by atoms with E-state index in [0.717, 1.165) is 6.42 Å². The maximum Gasteiger partial charge on any atom is 0.303 e. The Kier molecular flexibility index (Phi) is 5.39. The third kappa shape index (κ3) is 4.84. The summed E-state index contributed by atoms with van der Waals surface area (Å²) in [6.45, 7) is 5.89. The second-order valence-electron chi connectivity index (χ2n) is 6.75. The smallest absolute Gasteiger partial charge is 0.303 e. The lowest BCUT2D eigenvalue weighted by atomic mass is 9.82. The average Bonchev–Trinajstić information content (AvgIpc) is 2.26. The summed E-state index contributed by atoms with van der Waals surface area (Å²) in [7, 11) is 1.87. The number of nitrogens with zero attached hydrogens (tertiary/aromatic N) is 1. The molecule has 1 rings (SSSR count). The molecule has 0 aromatic rings. The third-order valence-electron chi connectivity index (χ3n) is 4.22. The quantitative estimate of drug-likeness (QED) is 0.835. The standard InChI is InChI=1S/C15H27NO3/c1-11-7-5-6-8-12(11)16(4)13(17)9-15(2,3)10-14(18)19/h11-12H,5-10H2,1-4H3,(H,18,19). The van der Waals surface area contributed by atoms with Crippen LogP contribution in [0.2, 0.25) is 0 Å².